The molecule has 0 saturated heterocycles. The average molecular weight is 288 g/mol. The number of carbonyl (C=O) groups excluding carboxylic acids is 1. The molecule has 0 N–H and O–H groups in total. The van der Waals surface area contributed by atoms with Crippen molar-refractivity contribution in [2.24, 2.45) is 0 Å². The summed E-state index contributed by atoms with van der Waals surface area (Å²) in [4.78, 5) is 11.5. The van der Waals surface area contributed by atoms with Gasteiger partial charge >= 0.3 is 5.97 Å². The van der Waals surface area contributed by atoms with Crippen molar-refractivity contribution in [2.45, 2.75) is 13.3 Å². The lowest BCUT2D eigenvalue weighted by Gasteiger charge is -2.08. The van der Waals surface area contributed by atoms with E-state index in [-0.39, 0.29) is 5.56 Å². The smallest absolute Gasteiger partial charge is 0.337 e. The maximum absolute atomic E-state index is 13.6. The molecule has 0 aliphatic heterocycles. The van der Waals surface area contributed by atoms with Crippen LogP contribution < -0.4 is 4.74 Å². The van der Waals surface area contributed by atoms with Gasteiger partial charge in [0.25, 0.3) is 0 Å². The molecule has 2 aromatic rings. The molecule has 2 rings (SSSR count). The van der Waals surface area contributed by atoms with Crippen LogP contribution in [0.2, 0.25) is 0 Å². The first kappa shape index (κ1) is 15.0. The number of halogens is 1. The highest BCUT2D eigenvalue weighted by Gasteiger charge is 2.10. The molecule has 0 aromatic heterocycles. The lowest BCUT2D eigenvalue weighted by Crippen LogP contribution is -2.02. The number of carbonyl (C=O) groups is 1. The number of rotatable bonds is 5. The van der Waals surface area contributed by atoms with E-state index in [1.807, 2.05) is 31.2 Å². The van der Waals surface area contributed by atoms with Gasteiger partial charge in [0.1, 0.15) is 11.6 Å². The molecule has 0 bridgehead atoms. The first-order chi connectivity index (χ1) is 10.1. The van der Waals surface area contributed by atoms with E-state index in [0.717, 1.165) is 23.8 Å². The van der Waals surface area contributed by atoms with Gasteiger partial charge < -0.3 is 9.47 Å². The topological polar surface area (TPSA) is 35.5 Å². The molecule has 2 aromatic carbocycles. The zero-order valence-electron chi connectivity index (χ0n) is 12.1. The SMILES string of the molecule is CCCOc1ccc(-c2cc(F)cc(C(=O)OC)c2)cc1. The van der Waals surface area contributed by atoms with E-state index in [1.165, 1.54) is 13.2 Å². The van der Waals surface area contributed by atoms with Crippen LogP contribution in [-0.4, -0.2) is 19.7 Å². The standard InChI is InChI=1S/C17H17FO3/c1-3-8-21-16-6-4-12(5-7-16)13-9-14(17(19)20-2)11-15(18)10-13/h4-7,9-11H,3,8H2,1-2H3. The summed E-state index contributed by atoms with van der Waals surface area (Å²) in [6.07, 6.45) is 0.939. The minimum absolute atomic E-state index is 0.193. The van der Waals surface area contributed by atoms with E-state index in [1.54, 1.807) is 6.07 Å². The van der Waals surface area contributed by atoms with Crippen molar-refractivity contribution in [3.63, 3.8) is 0 Å². The molecular formula is C17H17FO3. The lowest BCUT2D eigenvalue weighted by molar-refractivity contribution is 0.0600. The Kier molecular flexibility index (Phi) is 4.93. The summed E-state index contributed by atoms with van der Waals surface area (Å²) in [5.74, 6) is -0.261. The Hall–Kier alpha value is -2.36. The van der Waals surface area contributed by atoms with Crippen molar-refractivity contribution in [3.05, 3.63) is 53.8 Å². The second kappa shape index (κ2) is 6.88. The van der Waals surface area contributed by atoms with Crippen molar-refractivity contribution in [1.29, 1.82) is 0 Å². The zero-order chi connectivity index (χ0) is 15.2. The van der Waals surface area contributed by atoms with Gasteiger partial charge in [0.05, 0.1) is 19.3 Å². The van der Waals surface area contributed by atoms with Crippen LogP contribution in [0.15, 0.2) is 42.5 Å². The average Bonchev–Trinajstić information content (AvgIpc) is 2.52. The van der Waals surface area contributed by atoms with Crippen LogP contribution in [0.1, 0.15) is 23.7 Å². The summed E-state index contributed by atoms with van der Waals surface area (Å²) < 4.78 is 23.7. The number of ether oxygens (including phenoxy) is 2. The monoisotopic (exact) mass is 288 g/mol. The predicted molar refractivity (Wildman–Crippen MR) is 79.0 cm³/mol. The predicted octanol–water partition coefficient (Wildman–Crippen LogP) is 4.07. The van der Waals surface area contributed by atoms with Crippen molar-refractivity contribution < 1.29 is 18.7 Å². The highest BCUT2D eigenvalue weighted by molar-refractivity contribution is 5.91. The van der Waals surface area contributed by atoms with Gasteiger partial charge in [-0.1, -0.05) is 19.1 Å². The molecule has 0 fully saturated rings. The Morgan fingerprint density at radius 1 is 1.10 bits per heavy atom. The fraction of sp³-hybridized carbons (Fsp3) is 0.235. The van der Waals surface area contributed by atoms with Crippen LogP contribution in [0, 0.1) is 5.82 Å². The molecule has 21 heavy (non-hydrogen) atoms. The van der Waals surface area contributed by atoms with Crippen LogP contribution in [0.4, 0.5) is 4.39 Å². The maximum Gasteiger partial charge on any atom is 0.337 e. The number of benzene rings is 2. The fourth-order valence-corrected chi connectivity index (χ4v) is 1.96. The van der Waals surface area contributed by atoms with E-state index in [9.17, 15) is 9.18 Å². The second-order valence-corrected chi connectivity index (χ2v) is 4.59. The normalized spacial score (nSPS) is 10.2. The molecule has 0 aliphatic carbocycles. The number of esters is 1. The summed E-state index contributed by atoms with van der Waals surface area (Å²) in [6, 6.07) is 11.5. The molecule has 4 heteroatoms. The van der Waals surface area contributed by atoms with Crippen molar-refractivity contribution in [3.8, 4) is 16.9 Å². The van der Waals surface area contributed by atoms with Gasteiger partial charge in [-0.2, -0.15) is 0 Å². The van der Waals surface area contributed by atoms with Crippen LogP contribution in [0.3, 0.4) is 0 Å². The van der Waals surface area contributed by atoms with Gasteiger partial charge in [0.15, 0.2) is 0 Å². The summed E-state index contributed by atoms with van der Waals surface area (Å²) >= 11 is 0. The second-order valence-electron chi connectivity index (χ2n) is 4.59. The third-order valence-electron chi connectivity index (χ3n) is 2.98. The van der Waals surface area contributed by atoms with Crippen LogP contribution in [-0.2, 0) is 4.74 Å². The minimum Gasteiger partial charge on any atom is -0.494 e. The van der Waals surface area contributed by atoms with Crippen LogP contribution >= 0.6 is 0 Å². The first-order valence-corrected chi connectivity index (χ1v) is 6.76. The highest BCUT2D eigenvalue weighted by Crippen LogP contribution is 2.25. The van der Waals surface area contributed by atoms with E-state index in [4.69, 9.17) is 4.74 Å². The van der Waals surface area contributed by atoms with E-state index >= 15 is 0 Å². The van der Waals surface area contributed by atoms with Gasteiger partial charge in [-0.25, -0.2) is 9.18 Å². The Morgan fingerprint density at radius 2 is 1.81 bits per heavy atom. The summed E-state index contributed by atoms with van der Waals surface area (Å²) in [7, 11) is 1.27. The van der Waals surface area contributed by atoms with Crippen LogP contribution in [0.25, 0.3) is 11.1 Å². The number of methoxy groups -OCH3 is 1. The number of hydrogen-bond donors (Lipinski definition) is 0. The molecule has 110 valence electrons. The summed E-state index contributed by atoms with van der Waals surface area (Å²) in [5.41, 5.74) is 1.62. The van der Waals surface area contributed by atoms with E-state index in [2.05, 4.69) is 4.74 Å². The molecule has 0 saturated carbocycles. The van der Waals surface area contributed by atoms with Gasteiger partial charge in [0.2, 0.25) is 0 Å². The van der Waals surface area contributed by atoms with Crippen molar-refractivity contribution in [1.82, 2.24) is 0 Å². The molecule has 0 heterocycles. The Labute approximate surface area is 123 Å². The quantitative estimate of drug-likeness (QED) is 0.778. The van der Waals surface area contributed by atoms with Crippen LogP contribution in [0.5, 0.6) is 5.75 Å². The van der Waals surface area contributed by atoms with E-state index in [0.29, 0.717) is 12.2 Å². The summed E-state index contributed by atoms with van der Waals surface area (Å²) in [5, 5.41) is 0. The highest BCUT2D eigenvalue weighted by atomic mass is 19.1. The Balaban J connectivity index is 2.29. The zero-order valence-corrected chi connectivity index (χ0v) is 12.1. The van der Waals surface area contributed by atoms with E-state index < -0.39 is 11.8 Å². The Bertz CT molecular complexity index is 620. The van der Waals surface area contributed by atoms with Gasteiger partial charge in [0, 0.05) is 0 Å². The van der Waals surface area contributed by atoms with Gasteiger partial charge in [-0.3, -0.25) is 0 Å². The molecule has 0 aliphatic rings. The summed E-state index contributed by atoms with van der Waals surface area (Å²) in [6.45, 7) is 2.70. The molecule has 0 atom stereocenters. The molecule has 0 radical (unpaired) electrons. The number of hydrogen-bond acceptors (Lipinski definition) is 3. The fourth-order valence-electron chi connectivity index (χ4n) is 1.96. The third kappa shape index (κ3) is 3.81. The largest absolute Gasteiger partial charge is 0.494 e. The Morgan fingerprint density at radius 3 is 2.43 bits per heavy atom. The minimum atomic E-state index is -0.557. The van der Waals surface area contributed by atoms with Gasteiger partial charge in [-0.05, 0) is 47.9 Å². The molecule has 0 unspecified atom stereocenters. The first-order valence-electron chi connectivity index (χ1n) is 6.76. The molecule has 0 amide bonds. The van der Waals surface area contributed by atoms with Crippen molar-refractivity contribution in [2.75, 3.05) is 13.7 Å². The molecular weight excluding hydrogens is 271 g/mol. The van der Waals surface area contributed by atoms with Gasteiger partial charge in [-0.15, -0.1) is 0 Å². The molecule has 0 spiro atoms. The van der Waals surface area contributed by atoms with Crippen molar-refractivity contribution >= 4 is 5.97 Å². The third-order valence-corrected chi connectivity index (χ3v) is 2.98. The molecule has 3 nitrogen and oxygen atoms in total. The lowest BCUT2D eigenvalue weighted by atomic mass is 10.0. The maximum atomic E-state index is 13.6.